The van der Waals surface area contributed by atoms with Gasteiger partial charge in [0.15, 0.2) is 5.78 Å². The summed E-state index contributed by atoms with van der Waals surface area (Å²) in [6, 6.07) is 15.2. The quantitative estimate of drug-likeness (QED) is 0.0911. The number of nitrogens with two attached hydrogens (primary N) is 4. The first-order valence-electron chi connectivity index (χ1n) is 19.3. The van der Waals surface area contributed by atoms with Crippen molar-refractivity contribution in [3.63, 3.8) is 0 Å². The number of carbonyl (C=O) groups is 6. The summed E-state index contributed by atoms with van der Waals surface area (Å²) < 4.78 is 0. The highest BCUT2D eigenvalue weighted by Crippen LogP contribution is 2.24. The first kappa shape index (κ1) is 43.9. The van der Waals surface area contributed by atoms with E-state index in [1.165, 1.54) is 0 Å². The fraction of sp³-hybridized carbons (Fsp3) is 0.561. The van der Waals surface area contributed by atoms with Crippen LogP contribution in [-0.2, 0) is 41.6 Å². The molecule has 0 unspecified atom stereocenters. The molecule has 1 fully saturated rings. The number of nitrogens with one attached hydrogen (secondary N) is 2. The van der Waals surface area contributed by atoms with Gasteiger partial charge in [0.05, 0.1) is 18.1 Å². The van der Waals surface area contributed by atoms with Crippen molar-refractivity contribution in [2.45, 2.75) is 109 Å². The van der Waals surface area contributed by atoms with E-state index in [-0.39, 0.29) is 60.9 Å². The van der Waals surface area contributed by atoms with Gasteiger partial charge < -0.3 is 38.5 Å². The number of ketones is 2. The van der Waals surface area contributed by atoms with Crippen LogP contribution in [0.5, 0.6) is 0 Å². The van der Waals surface area contributed by atoms with Gasteiger partial charge in [-0.3, -0.25) is 28.8 Å². The first-order valence-corrected chi connectivity index (χ1v) is 19.3. The van der Waals surface area contributed by atoms with Crippen molar-refractivity contribution in [1.82, 2.24) is 15.5 Å². The summed E-state index contributed by atoms with van der Waals surface area (Å²) in [6.07, 6.45) is 3.86. The highest BCUT2D eigenvalue weighted by molar-refractivity contribution is 5.95. The summed E-state index contributed by atoms with van der Waals surface area (Å²) in [7, 11) is 0. The number of Topliss-reactive ketones (excluding diaryl/α,β-unsaturated/α-hetero) is 2. The molecule has 2 aromatic rings. The van der Waals surface area contributed by atoms with E-state index in [0.29, 0.717) is 64.6 Å². The van der Waals surface area contributed by atoms with Crippen LogP contribution >= 0.6 is 0 Å². The van der Waals surface area contributed by atoms with E-state index in [0.717, 1.165) is 11.1 Å². The Morgan fingerprint density at radius 1 is 0.759 bits per heavy atom. The topological polar surface area (TPSA) is 234 Å². The second-order valence-corrected chi connectivity index (χ2v) is 15.1. The molecular weight excluding hydrogens is 686 g/mol. The van der Waals surface area contributed by atoms with Gasteiger partial charge in [0, 0.05) is 38.3 Å². The molecule has 0 aromatic heterocycles. The zero-order valence-electron chi connectivity index (χ0n) is 31.9. The summed E-state index contributed by atoms with van der Waals surface area (Å²) in [5, 5.41) is 5.87. The van der Waals surface area contributed by atoms with E-state index in [4.69, 9.17) is 22.9 Å². The van der Waals surface area contributed by atoms with Crippen LogP contribution in [0.3, 0.4) is 0 Å². The summed E-state index contributed by atoms with van der Waals surface area (Å²) in [4.78, 5) is 80.7. The lowest BCUT2D eigenvalue weighted by Crippen LogP contribution is -2.53. The third-order valence-corrected chi connectivity index (χ3v) is 10.0. The number of nitrogens with zero attached hydrogens (tertiary/aromatic N) is 1. The summed E-state index contributed by atoms with van der Waals surface area (Å²) in [5.74, 6) is -2.82. The average molecular weight is 748 g/mol. The number of amides is 4. The van der Waals surface area contributed by atoms with Crippen molar-refractivity contribution in [1.29, 1.82) is 0 Å². The average Bonchev–Trinajstić information content (AvgIpc) is 3.14. The van der Waals surface area contributed by atoms with E-state index < -0.39 is 41.9 Å². The van der Waals surface area contributed by atoms with E-state index in [9.17, 15) is 28.8 Å². The van der Waals surface area contributed by atoms with Gasteiger partial charge in [-0.15, -0.1) is 0 Å². The number of likely N-dealkylation sites (tertiary alicyclic amines) is 1. The van der Waals surface area contributed by atoms with Crippen molar-refractivity contribution < 1.29 is 28.8 Å². The number of piperidine rings is 1. The molecule has 54 heavy (non-hydrogen) atoms. The van der Waals surface area contributed by atoms with Gasteiger partial charge in [0.25, 0.3) is 0 Å². The molecular formula is C41H61N7O6. The summed E-state index contributed by atoms with van der Waals surface area (Å²) in [5.41, 5.74) is 24.6. The predicted molar refractivity (Wildman–Crippen MR) is 208 cm³/mol. The van der Waals surface area contributed by atoms with Gasteiger partial charge in [0.1, 0.15) is 11.8 Å². The fourth-order valence-electron chi connectivity index (χ4n) is 6.94. The van der Waals surface area contributed by atoms with Crippen LogP contribution < -0.4 is 33.6 Å². The standard InChI is InChI=1S/C41H61N7O6/c1-27(2)21-31(25-37(50)36(24-29-13-7-4-8-14-29)47-40(53)34(44)23-28-11-5-3-6-12-28)39(52)46-35(15-9-10-18-42)41(54)48-19-16-30(17-20-48)22-32(49)26-33(43)38(45)51/h3-8,11-14,27,30-31,33-36H,9-10,15-26,42-44H2,1-2H3,(H2,45,51)(H,46,52)(H,47,53)/t31-,33-,34+,35+,36+/m0/s1. The molecule has 5 atom stereocenters. The maximum absolute atomic E-state index is 14.1. The molecule has 0 aliphatic carbocycles. The van der Waals surface area contributed by atoms with Crippen LogP contribution in [0.2, 0.25) is 0 Å². The van der Waals surface area contributed by atoms with Gasteiger partial charge in [-0.25, -0.2) is 0 Å². The minimum atomic E-state index is -1.01. The maximum atomic E-state index is 14.1. The summed E-state index contributed by atoms with van der Waals surface area (Å²) in [6.45, 7) is 5.22. The van der Waals surface area contributed by atoms with Crippen molar-refractivity contribution in [2.24, 2.45) is 40.7 Å². The molecule has 13 nitrogen and oxygen atoms in total. The molecule has 13 heteroatoms. The van der Waals surface area contributed by atoms with Crippen molar-refractivity contribution in [2.75, 3.05) is 19.6 Å². The highest BCUT2D eigenvalue weighted by atomic mass is 16.2. The van der Waals surface area contributed by atoms with Crippen molar-refractivity contribution >= 4 is 35.2 Å². The maximum Gasteiger partial charge on any atom is 0.245 e. The third-order valence-electron chi connectivity index (χ3n) is 10.0. The van der Waals surface area contributed by atoms with Crippen LogP contribution in [0.1, 0.15) is 82.8 Å². The van der Waals surface area contributed by atoms with Crippen molar-refractivity contribution in [3.8, 4) is 0 Å². The van der Waals surface area contributed by atoms with Crippen LogP contribution in [0.4, 0.5) is 0 Å². The normalized spacial score (nSPS) is 16.1. The molecule has 3 rings (SSSR count). The molecule has 0 saturated carbocycles. The monoisotopic (exact) mass is 747 g/mol. The van der Waals surface area contributed by atoms with Crippen LogP contribution in [0.25, 0.3) is 0 Å². The second kappa shape index (κ2) is 22.7. The minimum absolute atomic E-state index is 0.0468. The van der Waals surface area contributed by atoms with E-state index in [1.54, 1.807) is 4.90 Å². The van der Waals surface area contributed by atoms with Gasteiger partial charge in [-0.2, -0.15) is 0 Å². The number of unbranched alkanes of at least 4 members (excludes halogenated alkanes) is 1. The predicted octanol–water partition coefficient (Wildman–Crippen LogP) is 1.92. The Morgan fingerprint density at radius 2 is 1.33 bits per heavy atom. The molecule has 296 valence electrons. The SMILES string of the molecule is CC(C)C[C@@H](CC(=O)[C@@H](Cc1ccccc1)NC(=O)[C@H](N)Cc1ccccc1)C(=O)N[C@H](CCCCN)C(=O)N1CCC(CC(=O)C[C@H](N)C(N)=O)CC1. The second-order valence-electron chi connectivity index (χ2n) is 15.1. The number of hydrogen-bond acceptors (Lipinski definition) is 9. The molecule has 1 aliphatic rings. The fourth-order valence-corrected chi connectivity index (χ4v) is 6.94. The zero-order chi connectivity index (χ0) is 39.6. The number of rotatable bonds is 23. The number of carbonyl (C=O) groups excluding carboxylic acids is 6. The van der Waals surface area contributed by atoms with E-state index in [1.807, 2.05) is 74.5 Å². The minimum Gasteiger partial charge on any atom is -0.368 e. The van der Waals surface area contributed by atoms with Gasteiger partial charge in [0.2, 0.25) is 23.6 Å². The molecule has 1 saturated heterocycles. The molecule has 0 spiro atoms. The zero-order valence-corrected chi connectivity index (χ0v) is 31.9. The molecule has 0 radical (unpaired) electrons. The Balaban J connectivity index is 1.71. The van der Waals surface area contributed by atoms with Crippen LogP contribution in [-0.4, -0.2) is 83.9 Å². The lowest BCUT2D eigenvalue weighted by Gasteiger charge is -2.35. The summed E-state index contributed by atoms with van der Waals surface area (Å²) >= 11 is 0. The Labute approximate surface area is 319 Å². The largest absolute Gasteiger partial charge is 0.368 e. The van der Waals surface area contributed by atoms with E-state index >= 15 is 0 Å². The molecule has 10 N–H and O–H groups in total. The first-order chi connectivity index (χ1) is 25.8. The lowest BCUT2D eigenvalue weighted by molar-refractivity contribution is -0.139. The van der Waals surface area contributed by atoms with Crippen LogP contribution in [0.15, 0.2) is 60.7 Å². The van der Waals surface area contributed by atoms with Gasteiger partial charge >= 0.3 is 0 Å². The molecule has 2 aromatic carbocycles. The van der Waals surface area contributed by atoms with Crippen LogP contribution in [0, 0.1) is 17.8 Å². The van der Waals surface area contributed by atoms with Gasteiger partial charge in [-0.05, 0) is 80.9 Å². The van der Waals surface area contributed by atoms with Gasteiger partial charge in [-0.1, -0.05) is 74.5 Å². The number of hydrogen-bond donors (Lipinski definition) is 6. The Morgan fingerprint density at radius 3 is 1.89 bits per heavy atom. The Bertz CT molecular complexity index is 1510. The van der Waals surface area contributed by atoms with Crippen molar-refractivity contribution in [3.05, 3.63) is 71.8 Å². The highest BCUT2D eigenvalue weighted by Gasteiger charge is 2.34. The van der Waals surface area contributed by atoms with E-state index in [2.05, 4.69) is 10.6 Å². The molecule has 1 aliphatic heterocycles. The molecule has 1 heterocycles. The lowest BCUT2D eigenvalue weighted by atomic mass is 9.87. The smallest absolute Gasteiger partial charge is 0.245 e. The number of benzene rings is 2. The third kappa shape index (κ3) is 15.1. The molecule has 4 amide bonds. The Hall–Kier alpha value is -4.46. The number of primary amides is 1. The Kier molecular flexibility index (Phi) is 18.5. The molecule has 0 bridgehead atoms.